The van der Waals surface area contributed by atoms with E-state index in [-0.39, 0.29) is 5.41 Å². The van der Waals surface area contributed by atoms with Crippen molar-refractivity contribution in [1.29, 1.82) is 0 Å². The van der Waals surface area contributed by atoms with Crippen molar-refractivity contribution in [2.75, 3.05) is 11.1 Å². The fourth-order valence-corrected chi connectivity index (χ4v) is 1.89. The third-order valence-corrected chi connectivity index (χ3v) is 3.19. The van der Waals surface area contributed by atoms with Crippen LogP contribution in [0.2, 0.25) is 0 Å². The van der Waals surface area contributed by atoms with Gasteiger partial charge in [-0.1, -0.05) is 19.9 Å². The van der Waals surface area contributed by atoms with Gasteiger partial charge in [-0.25, -0.2) is 0 Å². The summed E-state index contributed by atoms with van der Waals surface area (Å²) in [7, 11) is 0. The van der Waals surface area contributed by atoms with Crippen molar-refractivity contribution >= 4 is 11.4 Å². The summed E-state index contributed by atoms with van der Waals surface area (Å²) in [6.45, 7) is 6.72. The standard InChI is InChI=1S/C11H16N2/c1-7-11(2,3)9-5-4-8(12)6-10(9)13-7/h4-7,13H,12H2,1-3H3. The van der Waals surface area contributed by atoms with Crippen LogP contribution in [0.5, 0.6) is 0 Å². The molecule has 13 heavy (non-hydrogen) atoms. The molecule has 0 aromatic heterocycles. The van der Waals surface area contributed by atoms with Gasteiger partial charge in [0.2, 0.25) is 0 Å². The van der Waals surface area contributed by atoms with E-state index in [0.29, 0.717) is 6.04 Å². The quantitative estimate of drug-likeness (QED) is 0.595. The molecular weight excluding hydrogens is 160 g/mol. The van der Waals surface area contributed by atoms with Gasteiger partial charge in [0.25, 0.3) is 0 Å². The highest BCUT2D eigenvalue weighted by Gasteiger charge is 2.35. The summed E-state index contributed by atoms with van der Waals surface area (Å²) >= 11 is 0. The molecule has 0 spiro atoms. The summed E-state index contributed by atoms with van der Waals surface area (Å²) < 4.78 is 0. The second-order valence-corrected chi connectivity index (χ2v) is 4.39. The Kier molecular flexibility index (Phi) is 1.56. The summed E-state index contributed by atoms with van der Waals surface area (Å²) in [5.74, 6) is 0. The van der Waals surface area contributed by atoms with Crippen molar-refractivity contribution in [2.45, 2.75) is 32.2 Å². The first-order valence-corrected chi connectivity index (χ1v) is 4.68. The molecule has 1 atom stereocenters. The first kappa shape index (κ1) is 8.42. The van der Waals surface area contributed by atoms with E-state index in [1.54, 1.807) is 0 Å². The molecule has 3 N–H and O–H groups in total. The van der Waals surface area contributed by atoms with Gasteiger partial charge in [-0.05, 0) is 24.6 Å². The van der Waals surface area contributed by atoms with Crippen LogP contribution in [-0.2, 0) is 5.41 Å². The molecular formula is C11H16N2. The van der Waals surface area contributed by atoms with Crippen LogP contribution in [0.15, 0.2) is 18.2 Å². The van der Waals surface area contributed by atoms with Crippen LogP contribution in [0.3, 0.4) is 0 Å². The molecule has 0 fully saturated rings. The fraction of sp³-hybridized carbons (Fsp3) is 0.455. The summed E-state index contributed by atoms with van der Waals surface area (Å²) in [6, 6.07) is 6.59. The number of nitrogen functional groups attached to an aromatic ring is 1. The Bertz CT molecular complexity index is 342. The Morgan fingerprint density at radius 2 is 2.08 bits per heavy atom. The van der Waals surface area contributed by atoms with Crippen LogP contribution in [0.4, 0.5) is 11.4 Å². The number of rotatable bonds is 0. The minimum absolute atomic E-state index is 0.211. The highest BCUT2D eigenvalue weighted by Crippen LogP contribution is 2.41. The first-order valence-electron chi connectivity index (χ1n) is 4.68. The molecule has 2 nitrogen and oxygen atoms in total. The molecule has 1 aromatic rings. The van der Waals surface area contributed by atoms with Crippen molar-refractivity contribution in [1.82, 2.24) is 0 Å². The van der Waals surface area contributed by atoms with E-state index in [9.17, 15) is 0 Å². The van der Waals surface area contributed by atoms with Crippen molar-refractivity contribution in [2.24, 2.45) is 0 Å². The molecule has 0 amide bonds. The number of benzene rings is 1. The van der Waals surface area contributed by atoms with E-state index in [2.05, 4.69) is 32.2 Å². The second-order valence-electron chi connectivity index (χ2n) is 4.39. The molecule has 1 aliphatic heterocycles. The van der Waals surface area contributed by atoms with Crippen LogP contribution >= 0.6 is 0 Å². The molecule has 0 radical (unpaired) electrons. The third-order valence-electron chi connectivity index (χ3n) is 3.19. The zero-order chi connectivity index (χ0) is 9.64. The van der Waals surface area contributed by atoms with E-state index in [0.717, 1.165) is 5.69 Å². The van der Waals surface area contributed by atoms with Gasteiger partial charge < -0.3 is 11.1 Å². The van der Waals surface area contributed by atoms with Crippen LogP contribution in [0.1, 0.15) is 26.3 Å². The summed E-state index contributed by atoms with van der Waals surface area (Å²) in [5, 5.41) is 3.45. The summed E-state index contributed by atoms with van der Waals surface area (Å²) in [6.07, 6.45) is 0. The van der Waals surface area contributed by atoms with E-state index >= 15 is 0 Å². The van der Waals surface area contributed by atoms with Gasteiger partial charge in [0, 0.05) is 22.8 Å². The van der Waals surface area contributed by atoms with Crippen molar-refractivity contribution in [3.63, 3.8) is 0 Å². The average molecular weight is 176 g/mol. The zero-order valence-electron chi connectivity index (χ0n) is 8.39. The number of hydrogen-bond acceptors (Lipinski definition) is 2. The summed E-state index contributed by atoms with van der Waals surface area (Å²) in [4.78, 5) is 0. The topological polar surface area (TPSA) is 38.0 Å². The number of nitrogens with one attached hydrogen (secondary N) is 1. The third kappa shape index (κ3) is 1.09. The lowest BCUT2D eigenvalue weighted by atomic mass is 9.81. The van der Waals surface area contributed by atoms with Crippen molar-refractivity contribution in [3.8, 4) is 0 Å². The highest BCUT2D eigenvalue weighted by molar-refractivity contribution is 5.66. The van der Waals surface area contributed by atoms with Crippen LogP contribution in [0.25, 0.3) is 0 Å². The molecule has 0 saturated heterocycles. The monoisotopic (exact) mass is 176 g/mol. The highest BCUT2D eigenvalue weighted by atomic mass is 15.0. The molecule has 1 aromatic carbocycles. The molecule has 2 heteroatoms. The Hall–Kier alpha value is -1.18. The minimum atomic E-state index is 0.211. The van der Waals surface area contributed by atoms with Crippen molar-refractivity contribution in [3.05, 3.63) is 23.8 Å². The first-order chi connectivity index (χ1) is 6.01. The molecule has 0 saturated carbocycles. The molecule has 2 rings (SSSR count). The molecule has 1 unspecified atom stereocenters. The van der Waals surface area contributed by atoms with Gasteiger partial charge in [0.1, 0.15) is 0 Å². The maximum atomic E-state index is 5.72. The minimum Gasteiger partial charge on any atom is -0.399 e. The second kappa shape index (κ2) is 2.41. The van der Waals surface area contributed by atoms with Crippen LogP contribution < -0.4 is 11.1 Å². The Labute approximate surface area is 79.1 Å². The van der Waals surface area contributed by atoms with Gasteiger partial charge in [-0.2, -0.15) is 0 Å². The van der Waals surface area contributed by atoms with Crippen LogP contribution in [-0.4, -0.2) is 6.04 Å². The number of anilines is 2. The largest absolute Gasteiger partial charge is 0.399 e. The fourth-order valence-electron chi connectivity index (χ4n) is 1.89. The van der Waals surface area contributed by atoms with Crippen molar-refractivity contribution < 1.29 is 0 Å². The summed E-state index contributed by atoms with van der Waals surface area (Å²) in [5.41, 5.74) is 9.33. The predicted octanol–water partition coefficient (Wildman–Crippen LogP) is 2.36. The maximum Gasteiger partial charge on any atom is 0.0402 e. The van der Waals surface area contributed by atoms with Gasteiger partial charge in [-0.15, -0.1) is 0 Å². The molecule has 0 bridgehead atoms. The van der Waals surface area contributed by atoms with Gasteiger partial charge in [0.15, 0.2) is 0 Å². The Morgan fingerprint density at radius 3 is 2.77 bits per heavy atom. The molecule has 1 heterocycles. The lowest BCUT2D eigenvalue weighted by molar-refractivity contribution is 0.486. The lowest BCUT2D eigenvalue weighted by Crippen LogP contribution is -2.29. The van der Waals surface area contributed by atoms with Gasteiger partial charge in [-0.3, -0.25) is 0 Å². The van der Waals surface area contributed by atoms with Gasteiger partial charge >= 0.3 is 0 Å². The SMILES string of the molecule is CC1Nc2cc(N)ccc2C1(C)C. The number of hydrogen-bond donors (Lipinski definition) is 2. The van der Waals surface area contributed by atoms with Gasteiger partial charge in [0.05, 0.1) is 0 Å². The predicted molar refractivity (Wildman–Crippen MR) is 57.0 cm³/mol. The van der Waals surface area contributed by atoms with E-state index in [4.69, 9.17) is 5.73 Å². The normalized spacial score (nSPS) is 23.8. The van der Waals surface area contributed by atoms with E-state index in [1.165, 1.54) is 11.3 Å². The van der Waals surface area contributed by atoms with E-state index in [1.807, 2.05) is 12.1 Å². The van der Waals surface area contributed by atoms with Crippen LogP contribution in [0, 0.1) is 0 Å². The smallest absolute Gasteiger partial charge is 0.0402 e. The average Bonchev–Trinajstić information content (AvgIpc) is 2.23. The number of nitrogens with two attached hydrogens (primary N) is 1. The molecule has 1 aliphatic rings. The Balaban J connectivity index is 2.55. The van der Waals surface area contributed by atoms with E-state index < -0.39 is 0 Å². The molecule has 70 valence electrons. The lowest BCUT2D eigenvalue weighted by Gasteiger charge is -2.23. The zero-order valence-corrected chi connectivity index (χ0v) is 8.39. The maximum absolute atomic E-state index is 5.72. The Morgan fingerprint density at radius 1 is 1.38 bits per heavy atom. The number of fused-ring (bicyclic) bond motifs is 1. The molecule has 0 aliphatic carbocycles.